The summed E-state index contributed by atoms with van der Waals surface area (Å²) >= 11 is 0. The summed E-state index contributed by atoms with van der Waals surface area (Å²) in [6.07, 6.45) is 5.05. The van der Waals surface area contributed by atoms with E-state index in [0.29, 0.717) is 26.4 Å². The van der Waals surface area contributed by atoms with Crippen LogP contribution in [0.2, 0.25) is 0 Å². The molecule has 0 aromatic heterocycles. The largest absolute Gasteiger partial charge is 0.489 e. The topological polar surface area (TPSA) is 47.9 Å². The fourth-order valence-corrected chi connectivity index (χ4v) is 2.16. The molecule has 1 N–H and O–H groups in total. The molecule has 1 rings (SSSR count). The van der Waals surface area contributed by atoms with E-state index in [1.807, 2.05) is 12.1 Å². The average Bonchev–Trinajstić information content (AvgIpc) is 2.54. The zero-order chi connectivity index (χ0) is 16.2. The molecule has 1 aromatic carbocycles. The van der Waals surface area contributed by atoms with Gasteiger partial charge in [0.15, 0.2) is 0 Å². The van der Waals surface area contributed by atoms with Crippen LogP contribution in [0.3, 0.4) is 0 Å². The van der Waals surface area contributed by atoms with Crippen LogP contribution in [0.4, 0.5) is 0 Å². The van der Waals surface area contributed by atoms with E-state index in [4.69, 9.17) is 19.3 Å². The van der Waals surface area contributed by atoms with Crippen LogP contribution in [0.5, 0.6) is 11.5 Å². The highest BCUT2D eigenvalue weighted by atomic mass is 16.5. The number of benzene rings is 1. The predicted octanol–water partition coefficient (Wildman–Crippen LogP) is 2.93. The maximum absolute atomic E-state index is 8.76. The number of hydrogen-bond acceptors (Lipinski definition) is 4. The molecule has 0 atom stereocenters. The van der Waals surface area contributed by atoms with E-state index in [1.54, 1.807) is 12.2 Å². The third-order valence-corrected chi connectivity index (χ3v) is 3.10. The molecule has 0 aliphatic rings. The van der Waals surface area contributed by atoms with Crippen molar-refractivity contribution in [3.63, 3.8) is 0 Å². The second-order valence-electron chi connectivity index (χ2n) is 4.70. The Morgan fingerprint density at radius 2 is 1.82 bits per heavy atom. The highest BCUT2D eigenvalue weighted by molar-refractivity contribution is 5.47. The van der Waals surface area contributed by atoms with Crippen molar-refractivity contribution in [1.29, 1.82) is 0 Å². The van der Waals surface area contributed by atoms with Crippen LogP contribution in [-0.4, -0.2) is 38.1 Å². The molecule has 0 saturated carbocycles. The Kier molecular flexibility index (Phi) is 9.03. The SMILES string of the molecule is C=CCOc1cc(CCOCCO)c(CC)c(OCC=C)c1. The van der Waals surface area contributed by atoms with Gasteiger partial charge in [0.05, 0.1) is 19.8 Å². The minimum absolute atomic E-state index is 0.0385. The summed E-state index contributed by atoms with van der Waals surface area (Å²) in [6, 6.07) is 3.93. The molecular weight excluding hydrogens is 280 g/mol. The van der Waals surface area contributed by atoms with Crippen molar-refractivity contribution in [3.05, 3.63) is 48.6 Å². The Bertz CT molecular complexity index is 468. The monoisotopic (exact) mass is 306 g/mol. The number of ether oxygens (including phenoxy) is 3. The Labute approximate surface area is 133 Å². The molecule has 122 valence electrons. The Hall–Kier alpha value is -1.78. The first-order chi connectivity index (χ1) is 10.8. The molecule has 0 unspecified atom stereocenters. The smallest absolute Gasteiger partial charge is 0.126 e. The van der Waals surface area contributed by atoms with Gasteiger partial charge >= 0.3 is 0 Å². The maximum atomic E-state index is 8.76. The van der Waals surface area contributed by atoms with Crippen LogP contribution < -0.4 is 9.47 Å². The molecule has 0 aliphatic heterocycles. The van der Waals surface area contributed by atoms with Gasteiger partial charge in [-0.15, -0.1) is 0 Å². The van der Waals surface area contributed by atoms with E-state index in [9.17, 15) is 0 Å². The molecule has 0 aliphatic carbocycles. The first-order valence-electron chi connectivity index (χ1n) is 7.58. The molecule has 22 heavy (non-hydrogen) atoms. The number of aliphatic hydroxyl groups excluding tert-OH is 1. The van der Waals surface area contributed by atoms with Crippen molar-refractivity contribution < 1.29 is 19.3 Å². The highest BCUT2D eigenvalue weighted by Gasteiger charge is 2.11. The minimum atomic E-state index is 0.0385. The maximum Gasteiger partial charge on any atom is 0.126 e. The van der Waals surface area contributed by atoms with E-state index in [-0.39, 0.29) is 6.61 Å². The second-order valence-corrected chi connectivity index (χ2v) is 4.70. The van der Waals surface area contributed by atoms with Crippen molar-refractivity contribution >= 4 is 0 Å². The molecule has 0 radical (unpaired) electrons. The van der Waals surface area contributed by atoms with E-state index >= 15 is 0 Å². The third kappa shape index (κ3) is 5.92. The van der Waals surface area contributed by atoms with Crippen molar-refractivity contribution in [2.75, 3.05) is 33.0 Å². The molecule has 0 amide bonds. The molecule has 0 bridgehead atoms. The van der Waals surface area contributed by atoms with Gasteiger partial charge in [0.25, 0.3) is 0 Å². The van der Waals surface area contributed by atoms with Gasteiger partial charge in [-0.1, -0.05) is 32.2 Å². The van der Waals surface area contributed by atoms with E-state index in [0.717, 1.165) is 35.5 Å². The fraction of sp³-hybridized carbons (Fsp3) is 0.444. The van der Waals surface area contributed by atoms with Gasteiger partial charge in [-0.05, 0) is 30.0 Å². The van der Waals surface area contributed by atoms with Crippen molar-refractivity contribution in [3.8, 4) is 11.5 Å². The summed E-state index contributed by atoms with van der Waals surface area (Å²) in [5, 5.41) is 8.76. The van der Waals surface area contributed by atoms with E-state index in [1.165, 1.54) is 0 Å². The van der Waals surface area contributed by atoms with Gasteiger partial charge < -0.3 is 19.3 Å². The van der Waals surface area contributed by atoms with Crippen molar-refractivity contribution in [2.45, 2.75) is 19.8 Å². The Morgan fingerprint density at radius 3 is 2.45 bits per heavy atom. The van der Waals surface area contributed by atoms with Gasteiger partial charge in [0.2, 0.25) is 0 Å². The molecular formula is C18H26O4. The molecule has 0 spiro atoms. The van der Waals surface area contributed by atoms with Crippen LogP contribution in [0.15, 0.2) is 37.4 Å². The van der Waals surface area contributed by atoms with Gasteiger partial charge in [0.1, 0.15) is 24.7 Å². The van der Waals surface area contributed by atoms with Crippen molar-refractivity contribution in [2.24, 2.45) is 0 Å². The van der Waals surface area contributed by atoms with Crippen LogP contribution in [-0.2, 0) is 17.6 Å². The van der Waals surface area contributed by atoms with Crippen LogP contribution in [0.25, 0.3) is 0 Å². The van der Waals surface area contributed by atoms with Gasteiger partial charge in [-0.3, -0.25) is 0 Å². The Balaban J connectivity index is 2.96. The third-order valence-electron chi connectivity index (χ3n) is 3.10. The van der Waals surface area contributed by atoms with Crippen LogP contribution in [0.1, 0.15) is 18.1 Å². The molecule has 1 aromatic rings. The minimum Gasteiger partial charge on any atom is -0.489 e. The summed E-state index contributed by atoms with van der Waals surface area (Å²) in [7, 11) is 0. The molecule has 4 heteroatoms. The molecule has 0 heterocycles. The van der Waals surface area contributed by atoms with E-state index in [2.05, 4.69) is 20.1 Å². The van der Waals surface area contributed by atoms with Gasteiger partial charge in [-0.25, -0.2) is 0 Å². The lowest BCUT2D eigenvalue weighted by molar-refractivity contribution is 0.0943. The van der Waals surface area contributed by atoms with Gasteiger partial charge in [0, 0.05) is 6.07 Å². The fourth-order valence-electron chi connectivity index (χ4n) is 2.16. The number of rotatable bonds is 12. The molecule has 0 fully saturated rings. The summed E-state index contributed by atoms with van der Waals surface area (Å²) < 4.78 is 16.8. The summed E-state index contributed by atoms with van der Waals surface area (Å²) in [4.78, 5) is 0. The van der Waals surface area contributed by atoms with E-state index < -0.39 is 0 Å². The Morgan fingerprint density at radius 1 is 1.09 bits per heavy atom. The molecule has 4 nitrogen and oxygen atoms in total. The normalized spacial score (nSPS) is 10.3. The predicted molar refractivity (Wildman–Crippen MR) is 88.8 cm³/mol. The second kappa shape index (κ2) is 10.9. The molecule has 0 saturated heterocycles. The zero-order valence-electron chi connectivity index (χ0n) is 13.3. The lowest BCUT2D eigenvalue weighted by Crippen LogP contribution is -2.07. The summed E-state index contributed by atoms with van der Waals surface area (Å²) in [6.45, 7) is 11.3. The zero-order valence-corrected chi connectivity index (χ0v) is 13.3. The first-order valence-corrected chi connectivity index (χ1v) is 7.58. The first kappa shape index (κ1) is 18.3. The lowest BCUT2D eigenvalue weighted by Gasteiger charge is -2.16. The summed E-state index contributed by atoms with van der Waals surface area (Å²) in [5.74, 6) is 1.58. The summed E-state index contributed by atoms with van der Waals surface area (Å²) in [5.41, 5.74) is 2.29. The van der Waals surface area contributed by atoms with Crippen molar-refractivity contribution in [1.82, 2.24) is 0 Å². The average molecular weight is 306 g/mol. The highest BCUT2D eigenvalue weighted by Crippen LogP contribution is 2.30. The number of hydrogen-bond donors (Lipinski definition) is 1. The lowest BCUT2D eigenvalue weighted by atomic mass is 10.0. The van der Waals surface area contributed by atoms with Crippen LogP contribution >= 0.6 is 0 Å². The van der Waals surface area contributed by atoms with Crippen LogP contribution in [0, 0.1) is 0 Å². The quantitative estimate of drug-likeness (QED) is 0.476. The standard InChI is InChI=1S/C18H26O4/c1-4-9-21-16-13-15(7-11-20-12-8-19)17(6-3)18(14-16)22-10-5-2/h4-5,13-14,19H,1-2,6-12H2,3H3. The number of aliphatic hydroxyl groups is 1. The van der Waals surface area contributed by atoms with Gasteiger partial charge in [-0.2, -0.15) is 0 Å².